The van der Waals surface area contributed by atoms with E-state index in [1.165, 1.54) is 29.3 Å². The highest BCUT2D eigenvalue weighted by Gasteiger charge is 2.40. The van der Waals surface area contributed by atoms with Gasteiger partial charge in [-0.25, -0.2) is 0 Å². The van der Waals surface area contributed by atoms with Gasteiger partial charge in [0.05, 0.1) is 0 Å². The highest BCUT2D eigenvalue weighted by Crippen LogP contribution is 2.54. The molecular formula is C13H16BrN. The molecule has 2 aliphatic carbocycles. The summed E-state index contributed by atoms with van der Waals surface area (Å²) in [5.74, 6) is 2.33. The monoisotopic (exact) mass is 265 g/mol. The Morgan fingerprint density at radius 1 is 1.33 bits per heavy atom. The summed E-state index contributed by atoms with van der Waals surface area (Å²) in [6, 6.07) is 6.58. The molecule has 1 aromatic carbocycles. The molecule has 2 atom stereocenters. The van der Waals surface area contributed by atoms with Gasteiger partial charge in [0.1, 0.15) is 0 Å². The fourth-order valence-electron chi connectivity index (χ4n) is 3.00. The predicted molar refractivity (Wildman–Crippen MR) is 66.0 cm³/mol. The molecule has 1 fully saturated rings. The quantitative estimate of drug-likeness (QED) is 0.872. The molecule has 2 aliphatic rings. The van der Waals surface area contributed by atoms with E-state index in [2.05, 4.69) is 34.1 Å². The third-order valence-corrected chi connectivity index (χ3v) is 4.60. The van der Waals surface area contributed by atoms with Gasteiger partial charge in [-0.2, -0.15) is 0 Å². The summed E-state index contributed by atoms with van der Waals surface area (Å²) in [4.78, 5) is 0. The Kier molecular flexibility index (Phi) is 2.37. The Bertz CT molecular complexity index is 384. The van der Waals surface area contributed by atoms with E-state index in [1.807, 2.05) is 0 Å². The van der Waals surface area contributed by atoms with Crippen LogP contribution in [-0.2, 0) is 0 Å². The molecule has 0 aliphatic heterocycles. The van der Waals surface area contributed by atoms with Crippen LogP contribution in [0.4, 0.5) is 0 Å². The molecule has 3 rings (SSSR count). The number of fused-ring (bicyclic) bond motifs is 1. The SMILES string of the molecule is NCC1CC(C2CC2)c2c(Br)cccc21. The maximum absolute atomic E-state index is 5.87. The van der Waals surface area contributed by atoms with Gasteiger partial charge < -0.3 is 5.73 Å². The zero-order valence-electron chi connectivity index (χ0n) is 8.75. The zero-order valence-corrected chi connectivity index (χ0v) is 10.3. The lowest BCUT2D eigenvalue weighted by molar-refractivity contribution is 0.544. The first-order valence-corrected chi connectivity index (χ1v) is 6.59. The van der Waals surface area contributed by atoms with E-state index >= 15 is 0 Å². The van der Waals surface area contributed by atoms with Crippen LogP contribution in [0.2, 0.25) is 0 Å². The van der Waals surface area contributed by atoms with Crippen molar-refractivity contribution in [2.75, 3.05) is 6.54 Å². The second-order valence-electron chi connectivity index (χ2n) is 4.85. The highest BCUT2D eigenvalue weighted by molar-refractivity contribution is 9.10. The minimum Gasteiger partial charge on any atom is -0.330 e. The van der Waals surface area contributed by atoms with E-state index < -0.39 is 0 Å². The van der Waals surface area contributed by atoms with Gasteiger partial charge in [0, 0.05) is 4.47 Å². The number of hydrogen-bond donors (Lipinski definition) is 1. The Morgan fingerprint density at radius 3 is 2.80 bits per heavy atom. The summed E-state index contributed by atoms with van der Waals surface area (Å²) in [5, 5.41) is 0. The van der Waals surface area contributed by atoms with Crippen molar-refractivity contribution in [3.8, 4) is 0 Å². The lowest BCUT2D eigenvalue weighted by Crippen LogP contribution is -2.09. The van der Waals surface area contributed by atoms with Crippen molar-refractivity contribution in [1.82, 2.24) is 0 Å². The summed E-state index contributed by atoms with van der Waals surface area (Å²) in [6.45, 7) is 0.798. The predicted octanol–water partition coefficient (Wildman–Crippen LogP) is 3.39. The van der Waals surface area contributed by atoms with Crippen LogP contribution in [-0.4, -0.2) is 6.54 Å². The van der Waals surface area contributed by atoms with Crippen LogP contribution in [0.15, 0.2) is 22.7 Å². The van der Waals surface area contributed by atoms with Crippen LogP contribution in [0.5, 0.6) is 0 Å². The molecule has 1 aromatic rings. The van der Waals surface area contributed by atoms with Crippen LogP contribution in [0.1, 0.15) is 42.2 Å². The average Bonchev–Trinajstić information content (AvgIpc) is 3.00. The third kappa shape index (κ3) is 1.55. The van der Waals surface area contributed by atoms with E-state index in [9.17, 15) is 0 Å². The summed E-state index contributed by atoms with van der Waals surface area (Å²) < 4.78 is 1.30. The second kappa shape index (κ2) is 3.60. The number of rotatable bonds is 2. The van der Waals surface area contributed by atoms with E-state index in [-0.39, 0.29) is 0 Å². The lowest BCUT2D eigenvalue weighted by Gasteiger charge is -2.11. The summed E-state index contributed by atoms with van der Waals surface area (Å²) in [6.07, 6.45) is 4.12. The number of halogens is 1. The van der Waals surface area contributed by atoms with Crippen molar-refractivity contribution >= 4 is 15.9 Å². The van der Waals surface area contributed by atoms with Crippen molar-refractivity contribution < 1.29 is 0 Å². The fraction of sp³-hybridized carbons (Fsp3) is 0.538. The molecule has 0 aromatic heterocycles. The number of hydrogen-bond acceptors (Lipinski definition) is 1. The smallest absolute Gasteiger partial charge is 0.0213 e. The highest BCUT2D eigenvalue weighted by atomic mass is 79.9. The van der Waals surface area contributed by atoms with Crippen LogP contribution < -0.4 is 5.73 Å². The standard InChI is InChI=1S/C13H16BrN/c14-12-3-1-2-10-9(7-15)6-11(13(10)12)8-4-5-8/h1-3,8-9,11H,4-7,15H2. The summed E-state index contributed by atoms with van der Waals surface area (Å²) in [5.41, 5.74) is 8.93. The van der Waals surface area contributed by atoms with E-state index in [4.69, 9.17) is 5.73 Å². The zero-order chi connectivity index (χ0) is 10.4. The largest absolute Gasteiger partial charge is 0.330 e. The Hall–Kier alpha value is -0.340. The first kappa shape index (κ1) is 9.86. The molecule has 15 heavy (non-hydrogen) atoms. The lowest BCUT2D eigenvalue weighted by atomic mass is 9.96. The van der Waals surface area contributed by atoms with Gasteiger partial charge in [0.2, 0.25) is 0 Å². The minimum atomic E-state index is 0.600. The van der Waals surface area contributed by atoms with Gasteiger partial charge in [-0.15, -0.1) is 0 Å². The van der Waals surface area contributed by atoms with Gasteiger partial charge in [-0.05, 0) is 60.8 Å². The molecule has 0 saturated heterocycles. The molecule has 0 radical (unpaired) electrons. The molecule has 1 saturated carbocycles. The Labute approximate surface area is 99.2 Å². The fourth-order valence-corrected chi connectivity index (χ4v) is 3.68. The van der Waals surface area contributed by atoms with Crippen molar-refractivity contribution in [1.29, 1.82) is 0 Å². The molecule has 0 bridgehead atoms. The van der Waals surface area contributed by atoms with Crippen LogP contribution in [0, 0.1) is 5.92 Å². The molecule has 0 amide bonds. The van der Waals surface area contributed by atoms with Crippen LogP contribution in [0.25, 0.3) is 0 Å². The van der Waals surface area contributed by atoms with Gasteiger partial charge in [-0.3, -0.25) is 0 Å². The molecule has 2 heteroatoms. The summed E-state index contributed by atoms with van der Waals surface area (Å²) in [7, 11) is 0. The minimum absolute atomic E-state index is 0.600. The van der Waals surface area contributed by atoms with Crippen molar-refractivity contribution in [3.63, 3.8) is 0 Å². The van der Waals surface area contributed by atoms with Crippen LogP contribution >= 0.6 is 15.9 Å². The normalized spacial score (nSPS) is 29.2. The van der Waals surface area contributed by atoms with Crippen LogP contribution in [0.3, 0.4) is 0 Å². The van der Waals surface area contributed by atoms with Crippen molar-refractivity contribution in [2.24, 2.45) is 11.7 Å². The molecule has 0 heterocycles. The molecule has 2 unspecified atom stereocenters. The molecule has 0 spiro atoms. The maximum atomic E-state index is 5.87. The molecule has 80 valence electrons. The number of benzene rings is 1. The van der Waals surface area contributed by atoms with Crippen molar-refractivity contribution in [3.05, 3.63) is 33.8 Å². The first-order valence-electron chi connectivity index (χ1n) is 5.79. The van der Waals surface area contributed by atoms with Gasteiger partial charge >= 0.3 is 0 Å². The average molecular weight is 266 g/mol. The van der Waals surface area contributed by atoms with E-state index in [0.717, 1.165) is 18.4 Å². The topological polar surface area (TPSA) is 26.0 Å². The Balaban J connectivity index is 2.06. The van der Waals surface area contributed by atoms with Gasteiger partial charge in [0.25, 0.3) is 0 Å². The maximum Gasteiger partial charge on any atom is 0.0213 e. The second-order valence-corrected chi connectivity index (χ2v) is 5.71. The van der Waals surface area contributed by atoms with Gasteiger partial charge in [0.15, 0.2) is 0 Å². The first-order chi connectivity index (χ1) is 7.31. The molecular weight excluding hydrogens is 250 g/mol. The van der Waals surface area contributed by atoms with Crippen molar-refractivity contribution in [2.45, 2.75) is 31.1 Å². The Morgan fingerprint density at radius 2 is 2.13 bits per heavy atom. The number of nitrogens with two attached hydrogens (primary N) is 1. The third-order valence-electron chi connectivity index (χ3n) is 3.91. The molecule has 1 nitrogen and oxygen atoms in total. The van der Waals surface area contributed by atoms with E-state index in [1.54, 1.807) is 5.56 Å². The van der Waals surface area contributed by atoms with E-state index in [0.29, 0.717) is 5.92 Å². The summed E-state index contributed by atoms with van der Waals surface area (Å²) >= 11 is 3.70. The molecule has 2 N–H and O–H groups in total. The van der Waals surface area contributed by atoms with Gasteiger partial charge in [-0.1, -0.05) is 28.1 Å².